The molecule has 1 aromatic carbocycles. The highest BCUT2D eigenvalue weighted by atomic mass is 32.2. The third-order valence-corrected chi connectivity index (χ3v) is 5.11. The van der Waals surface area contributed by atoms with E-state index < -0.39 is 22.0 Å². The highest BCUT2D eigenvalue weighted by Gasteiger charge is 2.36. The Morgan fingerprint density at radius 3 is 2.78 bits per heavy atom. The number of carbonyl (C=O) groups is 2. The van der Waals surface area contributed by atoms with Crippen LogP contribution in [0.25, 0.3) is 0 Å². The molecule has 0 saturated carbocycles. The monoisotopic (exact) mass is 340 g/mol. The topological polar surface area (TPSA) is 104 Å². The first-order valence-electron chi connectivity index (χ1n) is 7.36. The second kappa shape index (κ2) is 7.10. The second-order valence-corrected chi connectivity index (χ2v) is 7.51. The molecule has 1 heterocycles. The fourth-order valence-electron chi connectivity index (χ4n) is 2.71. The average Bonchev–Trinajstić information content (AvgIpc) is 2.97. The molecule has 8 heteroatoms. The quantitative estimate of drug-likeness (QED) is 0.783. The van der Waals surface area contributed by atoms with Crippen LogP contribution in [0.4, 0.5) is 0 Å². The zero-order valence-electron chi connectivity index (χ0n) is 12.9. The van der Waals surface area contributed by atoms with Gasteiger partial charge in [-0.2, -0.15) is 4.31 Å². The van der Waals surface area contributed by atoms with E-state index in [1.54, 1.807) is 18.2 Å². The number of hydrogen-bond acceptors (Lipinski definition) is 4. The summed E-state index contributed by atoms with van der Waals surface area (Å²) in [4.78, 5) is 23.1. The number of hydrogen-bond donors (Lipinski definition) is 2. The minimum atomic E-state index is -3.38. The van der Waals surface area contributed by atoms with E-state index in [1.165, 1.54) is 10.4 Å². The van der Waals surface area contributed by atoms with Gasteiger partial charge in [0.15, 0.2) is 0 Å². The second-order valence-electron chi connectivity index (χ2n) is 5.58. The van der Waals surface area contributed by atoms with Crippen molar-refractivity contribution in [2.45, 2.75) is 25.3 Å². The van der Waals surface area contributed by atoms with E-state index in [4.69, 9.17) is 5.11 Å². The van der Waals surface area contributed by atoms with E-state index >= 15 is 0 Å². The van der Waals surface area contributed by atoms with Crippen molar-refractivity contribution in [1.82, 2.24) is 9.62 Å². The van der Waals surface area contributed by atoms with Crippen molar-refractivity contribution in [3.05, 3.63) is 35.4 Å². The number of carboxylic acid groups (broad SMARTS) is 1. The molecule has 1 amide bonds. The summed E-state index contributed by atoms with van der Waals surface area (Å²) in [7, 11) is -3.38. The molecule has 0 bridgehead atoms. The third-order valence-electron chi connectivity index (χ3n) is 3.82. The lowest BCUT2D eigenvalue weighted by molar-refractivity contribution is -0.124. The molecule has 2 rings (SSSR count). The smallest absolute Gasteiger partial charge is 0.335 e. The largest absolute Gasteiger partial charge is 0.478 e. The first-order chi connectivity index (χ1) is 10.8. The summed E-state index contributed by atoms with van der Waals surface area (Å²) < 4.78 is 24.5. The van der Waals surface area contributed by atoms with Crippen LogP contribution in [0.1, 0.15) is 28.8 Å². The molecule has 1 aromatic rings. The molecule has 1 saturated heterocycles. The number of nitrogens with zero attached hydrogens (tertiary/aromatic N) is 1. The number of rotatable bonds is 6. The van der Waals surface area contributed by atoms with Crippen LogP contribution in [0, 0.1) is 0 Å². The first kappa shape index (κ1) is 17.4. The summed E-state index contributed by atoms with van der Waals surface area (Å²) in [6, 6.07) is 5.87. The van der Waals surface area contributed by atoms with E-state index in [0.717, 1.165) is 11.8 Å². The summed E-state index contributed by atoms with van der Waals surface area (Å²) in [6.07, 6.45) is 2.79. The molecule has 23 heavy (non-hydrogen) atoms. The summed E-state index contributed by atoms with van der Waals surface area (Å²) >= 11 is 0. The Balaban J connectivity index is 1.90. The van der Waals surface area contributed by atoms with Crippen LogP contribution < -0.4 is 5.32 Å². The predicted molar refractivity (Wildman–Crippen MR) is 84.7 cm³/mol. The Labute approximate surface area is 135 Å². The normalized spacial score (nSPS) is 18.7. The average molecular weight is 340 g/mol. The molecule has 1 atom stereocenters. The summed E-state index contributed by atoms with van der Waals surface area (Å²) in [5, 5.41) is 11.7. The lowest BCUT2D eigenvalue weighted by atomic mass is 10.1. The predicted octanol–water partition coefficient (Wildman–Crippen LogP) is 0.468. The van der Waals surface area contributed by atoms with Crippen LogP contribution in [0.2, 0.25) is 0 Å². The maximum atomic E-state index is 12.2. The van der Waals surface area contributed by atoms with Crippen molar-refractivity contribution < 1.29 is 23.1 Å². The van der Waals surface area contributed by atoms with E-state index in [0.29, 0.717) is 32.4 Å². The molecule has 7 nitrogen and oxygen atoms in total. The molecule has 1 aliphatic rings. The van der Waals surface area contributed by atoms with Gasteiger partial charge in [-0.3, -0.25) is 4.79 Å². The van der Waals surface area contributed by atoms with Gasteiger partial charge < -0.3 is 10.4 Å². The standard InChI is InChI=1S/C15H20N2O5S/c1-23(21,22)17-9-3-6-13(17)14(18)16-8-7-11-4-2-5-12(10-11)15(19)20/h2,4-5,10,13H,3,6-9H2,1H3,(H,16,18)(H,19,20)/t13-/m0/s1. The molecule has 126 valence electrons. The summed E-state index contributed by atoms with van der Waals surface area (Å²) in [6.45, 7) is 0.702. The summed E-state index contributed by atoms with van der Waals surface area (Å²) in [5.74, 6) is -1.30. The number of nitrogens with one attached hydrogen (secondary N) is 1. The van der Waals surface area contributed by atoms with Crippen molar-refractivity contribution in [3.8, 4) is 0 Å². The van der Waals surface area contributed by atoms with Crippen molar-refractivity contribution in [2.24, 2.45) is 0 Å². The first-order valence-corrected chi connectivity index (χ1v) is 9.20. The van der Waals surface area contributed by atoms with Gasteiger partial charge in [-0.25, -0.2) is 13.2 Å². The Kier molecular flexibility index (Phi) is 5.38. The van der Waals surface area contributed by atoms with Gasteiger partial charge in [-0.1, -0.05) is 12.1 Å². The fraction of sp³-hybridized carbons (Fsp3) is 0.467. The SMILES string of the molecule is CS(=O)(=O)N1CCC[C@H]1C(=O)NCCc1cccc(C(=O)O)c1. The molecule has 1 fully saturated rings. The lowest BCUT2D eigenvalue weighted by Gasteiger charge is -2.21. The van der Waals surface area contributed by atoms with Gasteiger partial charge in [0, 0.05) is 13.1 Å². The van der Waals surface area contributed by atoms with E-state index in [2.05, 4.69) is 5.32 Å². The van der Waals surface area contributed by atoms with Crippen molar-refractivity contribution in [2.75, 3.05) is 19.3 Å². The highest BCUT2D eigenvalue weighted by molar-refractivity contribution is 7.88. The van der Waals surface area contributed by atoms with Crippen LogP contribution in [0.15, 0.2) is 24.3 Å². The number of carboxylic acids is 1. The van der Waals surface area contributed by atoms with Gasteiger partial charge in [-0.05, 0) is 37.0 Å². The Morgan fingerprint density at radius 1 is 1.39 bits per heavy atom. The van der Waals surface area contributed by atoms with Crippen molar-refractivity contribution in [1.29, 1.82) is 0 Å². The van der Waals surface area contributed by atoms with Crippen molar-refractivity contribution >= 4 is 21.9 Å². The molecule has 0 unspecified atom stereocenters. The zero-order valence-corrected chi connectivity index (χ0v) is 13.7. The van der Waals surface area contributed by atoms with Gasteiger partial charge in [0.05, 0.1) is 11.8 Å². The Bertz CT molecular complexity index is 702. The van der Waals surface area contributed by atoms with Crippen LogP contribution in [-0.2, 0) is 21.2 Å². The lowest BCUT2D eigenvalue weighted by Crippen LogP contribution is -2.45. The molecule has 1 aliphatic heterocycles. The van der Waals surface area contributed by atoms with E-state index in [1.807, 2.05) is 0 Å². The molecule has 0 spiro atoms. The Morgan fingerprint density at radius 2 is 2.13 bits per heavy atom. The van der Waals surface area contributed by atoms with Crippen LogP contribution in [0.5, 0.6) is 0 Å². The minimum absolute atomic E-state index is 0.202. The summed E-state index contributed by atoms with van der Waals surface area (Å²) in [5.41, 5.74) is 1.00. The molecule has 0 aromatic heterocycles. The molecular formula is C15H20N2O5S. The molecular weight excluding hydrogens is 320 g/mol. The van der Waals surface area contributed by atoms with E-state index in [9.17, 15) is 18.0 Å². The zero-order chi connectivity index (χ0) is 17.0. The van der Waals surface area contributed by atoms with Crippen LogP contribution in [0.3, 0.4) is 0 Å². The maximum absolute atomic E-state index is 12.2. The van der Waals surface area contributed by atoms with Crippen LogP contribution in [-0.4, -0.2) is 55.1 Å². The molecule has 0 radical (unpaired) electrons. The molecule has 2 N–H and O–H groups in total. The van der Waals surface area contributed by atoms with Crippen LogP contribution >= 0.6 is 0 Å². The highest BCUT2D eigenvalue weighted by Crippen LogP contribution is 2.20. The number of sulfonamides is 1. The molecule has 0 aliphatic carbocycles. The maximum Gasteiger partial charge on any atom is 0.335 e. The third kappa shape index (κ3) is 4.52. The van der Waals surface area contributed by atoms with Crippen molar-refractivity contribution in [3.63, 3.8) is 0 Å². The van der Waals surface area contributed by atoms with E-state index in [-0.39, 0.29) is 11.5 Å². The van der Waals surface area contributed by atoms with Gasteiger partial charge in [0.1, 0.15) is 6.04 Å². The fourth-order valence-corrected chi connectivity index (χ4v) is 3.83. The number of benzene rings is 1. The van der Waals surface area contributed by atoms with Gasteiger partial charge in [0.25, 0.3) is 0 Å². The Hall–Kier alpha value is -1.93. The number of amides is 1. The number of aromatic carboxylic acids is 1. The van der Waals surface area contributed by atoms with Gasteiger partial charge in [-0.15, -0.1) is 0 Å². The van der Waals surface area contributed by atoms with Gasteiger partial charge in [0.2, 0.25) is 15.9 Å². The minimum Gasteiger partial charge on any atom is -0.478 e. The number of carbonyl (C=O) groups excluding carboxylic acids is 1. The van der Waals surface area contributed by atoms with Gasteiger partial charge >= 0.3 is 5.97 Å².